The molecule has 3 aromatic rings. The molecule has 9 nitrogen and oxygen atoms in total. The number of benzene rings is 2. The summed E-state index contributed by atoms with van der Waals surface area (Å²) in [5.41, 5.74) is 7.18. The first-order valence-electron chi connectivity index (χ1n) is 16.6. The number of halogens is 1. The molecule has 2 N–H and O–H groups in total. The Hall–Kier alpha value is -4.70. The zero-order chi connectivity index (χ0) is 33.8. The van der Waals surface area contributed by atoms with Crippen LogP contribution in [0.25, 0.3) is 17.2 Å². The van der Waals surface area contributed by atoms with Crippen molar-refractivity contribution >= 4 is 29.2 Å². The number of likely N-dealkylation sites (tertiary alicyclic amines) is 2. The van der Waals surface area contributed by atoms with Crippen LogP contribution in [0.4, 0.5) is 9.18 Å². The van der Waals surface area contributed by atoms with E-state index in [2.05, 4.69) is 21.3 Å². The summed E-state index contributed by atoms with van der Waals surface area (Å²) in [5.74, 6) is 1.01. The van der Waals surface area contributed by atoms with Crippen molar-refractivity contribution < 1.29 is 28.6 Å². The zero-order valence-electron chi connectivity index (χ0n) is 27.8. The first-order valence-corrected chi connectivity index (χ1v) is 16.6. The molecule has 0 bridgehead atoms. The van der Waals surface area contributed by atoms with Gasteiger partial charge in [-0.05, 0) is 115 Å². The maximum Gasteiger partial charge on any atom is 0.407 e. The Morgan fingerprint density at radius 2 is 1.77 bits per heavy atom. The van der Waals surface area contributed by atoms with Crippen LogP contribution in [0.5, 0.6) is 11.5 Å². The number of carboxylic acid groups (broad SMARTS) is 1. The number of piperidine rings is 2. The smallest absolute Gasteiger partial charge is 0.407 e. The molecular weight excluding hydrogens is 611 g/mol. The van der Waals surface area contributed by atoms with Crippen molar-refractivity contribution in [3.63, 3.8) is 0 Å². The van der Waals surface area contributed by atoms with Gasteiger partial charge in [0, 0.05) is 44.1 Å². The molecule has 2 aromatic carbocycles. The highest BCUT2D eigenvalue weighted by Crippen LogP contribution is 2.46. The lowest BCUT2D eigenvalue weighted by molar-refractivity contribution is -0.120. The zero-order valence-corrected chi connectivity index (χ0v) is 27.8. The van der Waals surface area contributed by atoms with E-state index in [-0.39, 0.29) is 36.8 Å². The van der Waals surface area contributed by atoms with Crippen molar-refractivity contribution in [1.82, 2.24) is 20.1 Å². The minimum absolute atomic E-state index is 0.0884. The molecule has 252 valence electrons. The SMILES string of the molecule is COc1cc(/C=C2/C(C)=C(CNC(=O)Cc3cccnc3)c3cc(F)ccc32)cc(OC)c1C1CCCCN1C1CCN(C(=O)O)CC1. The first-order chi connectivity index (χ1) is 23.3. The monoisotopic (exact) mass is 654 g/mol. The molecule has 2 fully saturated rings. The van der Waals surface area contributed by atoms with E-state index < -0.39 is 6.09 Å². The summed E-state index contributed by atoms with van der Waals surface area (Å²) < 4.78 is 26.6. The van der Waals surface area contributed by atoms with Crippen molar-refractivity contribution in [2.45, 2.75) is 57.5 Å². The minimum atomic E-state index is -0.852. The highest BCUT2D eigenvalue weighted by atomic mass is 19.1. The second-order valence-corrected chi connectivity index (χ2v) is 12.8. The van der Waals surface area contributed by atoms with Gasteiger partial charge in [0.2, 0.25) is 5.91 Å². The van der Waals surface area contributed by atoms with Gasteiger partial charge in [0.05, 0.1) is 26.2 Å². The lowest BCUT2D eigenvalue weighted by Crippen LogP contribution is -2.49. The topological polar surface area (TPSA) is 104 Å². The Morgan fingerprint density at radius 1 is 1.02 bits per heavy atom. The molecule has 2 amide bonds. The Kier molecular flexibility index (Phi) is 10.1. The fraction of sp³-hybridized carbons (Fsp3) is 0.395. The van der Waals surface area contributed by atoms with Gasteiger partial charge < -0.3 is 24.8 Å². The number of hydrogen-bond acceptors (Lipinski definition) is 6. The number of nitrogens with one attached hydrogen (secondary N) is 1. The fourth-order valence-electron chi connectivity index (χ4n) is 7.55. The summed E-state index contributed by atoms with van der Waals surface area (Å²) in [4.78, 5) is 32.4. The highest BCUT2D eigenvalue weighted by molar-refractivity contribution is 6.06. The molecule has 2 saturated heterocycles. The second-order valence-electron chi connectivity index (χ2n) is 12.8. The lowest BCUT2D eigenvalue weighted by atomic mass is 9.89. The molecule has 1 aliphatic carbocycles. The molecule has 48 heavy (non-hydrogen) atoms. The number of fused-ring (bicyclic) bond motifs is 1. The number of nitrogens with zero attached hydrogens (tertiary/aromatic N) is 3. The van der Waals surface area contributed by atoms with Crippen LogP contribution in [-0.2, 0) is 11.2 Å². The largest absolute Gasteiger partial charge is 0.496 e. The molecule has 3 heterocycles. The average Bonchev–Trinajstić information content (AvgIpc) is 3.35. The molecular formula is C38H43FN4O5. The highest BCUT2D eigenvalue weighted by Gasteiger charge is 2.36. The number of methoxy groups -OCH3 is 2. The van der Waals surface area contributed by atoms with E-state index in [9.17, 15) is 19.1 Å². The van der Waals surface area contributed by atoms with Gasteiger partial charge in [0.15, 0.2) is 0 Å². The molecule has 0 spiro atoms. The third kappa shape index (κ3) is 6.94. The van der Waals surface area contributed by atoms with Gasteiger partial charge in [0.25, 0.3) is 0 Å². The maximum absolute atomic E-state index is 14.5. The van der Waals surface area contributed by atoms with Gasteiger partial charge in [-0.15, -0.1) is 0 Å². The number of pyridine rings is 1. The first kappa shape index (κ1) is 33.2. The quantitative estimate of drug-likeness (QED) is 0.268. The van der Waals surface area contributed by atoms with Gasteiger partial charge in [-0.3, -0.25) is 14.7 Å². The minimum Gasteiger partial charge on any atom is -0.496 e. The van der Waals surface area contributed by atoms with Crippen molar-refractivity contribution in [2.24, 2.45) is 0 Å². The fourth-order valence-corrected chi connectivity index (χ4v) is 7.55. The summed E-state index contributed by atoms with van der Waals surface area (Å²) in [6.45, 7) is 4.30. The van der Waals surface area contributed by atoms with Crippen molar-refractivity contribution in [2.75, 3.05) is 40.4 Å². The summed E-state index contributed by atoms with van der Waals surface area (Å²) in [6, 6.07) is 12.9. The van der Waals surface area contributed by atoms with Crippen molar-refractivity contribution in [3.05, 3.63) is 94.1 Å². The number of amides is 2. The van der Waals surface area contributed by atoms with E-state index in [0.29, 0.717) is 13.1 Å². The second kappa shape index (κ2) is 14.6. The number of carbonyl (C=O) groups is 2. The molecule has 0 radical (unpaired) electrons. The van der Waals surface area contributed by atoms with E-state index in [0.717, 1.165) is 94.7 Å². The third-order valence-corrected chi connectivity index (χ3v) is 9.96. The standard InChI is InChI=1S/C38H43FN4O5/c1-24-30(29-10-9-27(39)21-31(29)32(24)23-41-36(44)20-25-7-6-13-40-22-25)17-26-18-34(47-2)37(35(19-26)48-3)33-8-4-5-14-43(33)28-11-15-42(16-12-28)38(45)46/h6-7,9-10,13,17-19,21-22,28,33H,4-5,8,11-12,14-16,20,23H2,1-3H3,(H,41,44)(H,45,46)/b30-17-. The number of aromatic nitrogens is 1. The summed E-state index contributed by atoms with van der Waals surface area (Å²) in [5, 5.41) is 12.5. The Bertz CT molecular complexity index is 1710. The molecule has 1 unspecified atom stereocenters. The molecule has 2 aliphatic heterocycles. The van der Waals surface area contributed by atoms with Crippen LogP contribution in [-0.4, -0.2) is 78.3 Å². The molecule has 10 heteroatoms. The predicted octanol–water partition coefficient (Wildman–Crippen LogP) is 6.59. The maximum atomic E-state index is 14.5. The lowest BCUT2D eigenvalue weighted by Gasteiger charge is -2.45. The van der Waals surface area contributed by atoms with E-state index in [4.69, 9.17) is 9.47 Å². The van der Waals surface area contributed by atoms with Crippen LogP contribution < -0.4 is 14.8 Å². The van der Waals surface area contributed by atoms with Crippen LogP contribution >= 0.6 is 0 Å². The van der Waals surface area contributed by atoms with Gasteiger partial charge >= 0.3 is 6.09 Å². The van der Waals surface area contributed by atoms with Crippen LogP contribution in [0.2, 0.25) is 0 Å². The normalized spacial score (nSPS) is 19.4. The number of hydrogen-bond donors (Lipinski definition) is 2. The van der Waals surface area contributed by atoms with E-state index in [1.165, 1.54) is 17.0 Å². The van der Waals surface area contributed by atoms with E-state index in [1.54, 1.807) is 38.7 Å². The number of carbonyl (C=O) groups excluding carboxylic acids is 1. The average molecular weight is 655 g/mol. The van der Waals surface area contributed by atoms with Gasteiger partial charge in [0.1, 0.15) is 17.3 Å². The molecule has 1 aromatic heterocycles. The number of allylic oxidation sites excluding steroid dienone is 2. The van der Waals surface area contributed by atoms with Crippen LogP contribution in [0.1, 0.15) is 72.9 Å². The van der Waals surface area contributed by atoms with Gasteiger partial charge in [-0.25, -0.2) is 9.18 Å². The Morgan fingerprint density at radius 3 is 2.44 bits per heavy atom. The van der Waals surface area contributed by atoms with Gasteiger partial charge in [-0.2, -0.15) is 0 Å². The summed E-state index contributed by atoms with van der Waals surface area (Å²) in [6.07, 6.45) is 9.54. The third-order valence-electron chi connectivity index (χ3n) is 9.96. The van der Waals surface area contributed by atoms with Crippen LogP contribution in [0, 0.1) is 5.82 Å². The van der Waals surface area contributed by atoms with Crippen LogP contribution in [0.15, 0.2) is 60.4 Å². The number of rotatable bonds is 9. The molecule has 3 aliphatic rings. The number of ether oxygens (including phenoxy) is 2. The Labute approximate surface area is 281 Å². The summed E-state index contributed by atoms with van der Waals surface area (Å²) in [7, 11) is 3.36. The van der Waals surface area contributed by atoms with E-state index in [1.807, 2.05) is 25.1 Å². The van der Waals surface area contributed by atoms with Crippen molar-refractivity contribution in [3.8, 4) is 11.5 Å². The molecule has 6 rings (SSSR count). The van der Waals surface area contributed by atoms with Crippen LogP contribution in [0.3, 0.4) is 0 Å². The predicted molar refractivity (Wildman–Crippen MR) is 183 cm³/mol. The summed E-state index contributed by atoms with van der Waals surface area (Å²) >= 11 is 0. The molecule has 0 saturated carbocycles. The molecule has 1 atom stereocenters. The van der Waals surface area contributed by atoms with E-state index >= 15 is 0 Å². The van der Waals surface area contributed by atoms with Gasteiger partial charge in [-0.1, -0.05) is 18.6 Å². The van der Waals surface area contributed by atoms with Crippen molar-refractivity contribution in [1.29, 1.82) is 0 Å². The Balaban J connectivity index is 1.30.